The molecule has 1 N–H and O–H groups in total. The first kappa shape index (κ1) is 23.7. The molecule has 3 aromatic rings. The Kier molecular flexibility index (Phi) is 6.70. The summed E-state index contributed by atoms with van der Waals surface area (Å²) in [6, 6.07) is 21.5. The van der Waals surface area contributed by atoms with E-state index in [9.17, 15) is 9.59 Å². The summed E-state index contributed by atoms with van der Waals surface area (Å²) in [6.07, 6.45) is 6.70. The molecule has 1 fully saturated rings. The molecule has 0 spiro atoms. The van der Waals surface area contributed by atoms with E-state index in [4.69, 9.17) is 11.6 Å². The van der Waals surface area contributed by atoms with Crippen LogP contribution in [0.5, 0.6) is 0 Å². The van der Waals surface area contributed by atoms with Gasteiger partial charge in [-0.05, 0) is 55.2 Å². The average Bonchev–Trinajstić information content (AvgIpc) is 3.11. The second kappa shape index (κ2) is 9.90. The number of benzene rings is 2. The number of nitrogens with zero attached hydrogens (tertiary/aromatic N) is 2. The lowest BCUT2D eigenvalue weighted by Gasteiger charge is -2.45. The lowest BCUT2D eigenvalue weighted by atomic mass is 9.92. The summed E-state index contributed by atoms with van der Waals surface area (Å²) in [5.41, 5.74) is 2.51. The molecule has 0 radical (unpaired) electrons. The van der Waals surface area contributed by atoms with Crippen LogP contribution in [0.4, 0.5) is 0 Å². The summed E-state index contributed by atoms with van der Waals surface area (Å²) in [6.45, 7) is 2.65. The molecule has 2 aromatic carbocycles. The zero-order valence-electron chi connectivity index (χ0n) is 20.2. The lowest BCUT2D eigenvalue weighted by Crippen LogP contribution is -2.64. The van der Waals surface area contributed by atoms with Crippen molar-refractivity contribution in [1.29, 1.82) is 0 Å². The van der Waals surface area contributed by atoms with Crippen LogP contribution in [-0.4, -0.2) is 32.9 Å². The summed E-state index contributed by atoms with van der Waals surface area (Å²) < 4.78 is 2.02. The van der Waals surface area contributed by atoms with Gasteiger partial charge in [0.05, 0.1) is 6.54 Å². The summed E-state index contributed by atoms with van der Waals surface area (Å²) in [5.74, 6) is -0.211. The molecule has 0 bridgehead atoms. The predicted octanol–water partition coefficient (Wildman–Crippen LogP) is 6.06. The van der Waals surface area contributed by atoms with Gasteiger partial charge in [0.2, 0.25) is 5.91 Å². The van der Waals surface area contributed by atoms with E-state index in [1.54, 1.807) is 4.90 Å². The summed E-state index contributed by atoms with van der Waals surface area (Å²) >= 11 is 6.09. The van der Waals surface area contributed by atoms with Gasteiger partial charge in [0, 0.05) is 23.3 Å². The van der Waals surface area contributed by atoms with Crippen molar-refractivity contribution < 1.29 is 9.59 Å². The van der Waals surface area contributed by atoms with Gasteiger partial charge in [-0.3, -0.25) is 9.59 Å². The van der Waals surface area contributed by atoms with Gasteiger partial charge >= 0.3 is 0 Å². The standard InChI is InChI=1S/C29H32ClN3O2/c1-29(28(35)31-24-11-7-2-3-8-12-24)20-32-25(22-9-5-4-6-10-22)17-18-26(32)27(34)33(29)19-21-13-15-23(30)16-14-21/h4-6,9-10,13-18,24H,2-3,7-8,11-12,19-20H2,1H3,(H,31,35)/t29-/m1/s1. The molecule has 1 aliphatic heterocycles. The van der Waals surface area contributed by atoms with Crippen LogP contribution in [0.25, 0.3) is 11.3 Å². The molecule has 0 saturated heterocycles. The van der Waals surface area contributed by atoms with Gasteiger partial charge in [-0.25, -0.2) is 0 Å². The summed E-state index contributed by atoms with van der Waals surface area (Å²) in [5, 5.41) is 3.98. The van der Waals surface area contributed by atoms with E-state index in [1.807, 2.05) is 78.2 Å². The molecule has 6 heteroatoms. The van der Waals surface area contributed by atoms with Gasteiger partial charge in [0.25, 0.3) is 5.91 Å². The number of nitrogens with one attached hydrogen (secondary N) is 1. The summed E-state index contributed by atoms with van der Waals surface area (Å²) in [7, 11) is 0. The number of halogens is 1. The second-order valence-electron chi connectivity index (χ2n) is 10.0. The van der Waals surface area contributed by atoms with Crippen LogP contribution < -0.4 is 5.32 Å². The van der Waals surface area contributed by atoms with Crippen molar-refractivity contribution in [3.8, 4) is 11.3 Å². The van der Waals surface area contributed by atoms with Crippen LogP contribution in [0.1, 0.15) is 61.5 Å². The first-order valence-corrected chi connectivity index (χ1v) is 13.0. The third-order valence-electron chi connectivity index (χ3n) is 7.51. The Bertz CT molecular complexity index is 1200. The number of hydrogen-bond acceptors (Lipinski definition) is 2. The van der Waals surface area contributed by atoms with E-state index in [2.05, 4.69) is 5.32 Å². The SMILES string of the molecule is C[C@]1(C(=O)NC2CCCCCC2)Cn2c(ccc2-c2ccccc2)C(=O)N1Cc1ccc(Cl)cc1. The van der Waals surface area contributed by atoms with E-state index in [0.29, 0.717) is 23.8 Å². The minimum atomic E-state index is -1.03. The second-order valence-corrected chi connectivity index (χ2v) is 10.4. The molecule has 1 saturated carbocycles. The quantitative estimate of drug-likeness (QED) is 0.443. The molecule has 2 heterocycles. The number of hydrogen-bond donors (Lipinski definition) is 1. The largest absolute Gasteiger partial charge is 0.351 e. The third kappa shape index (κ3) is 4.74. The van der Waals surface area contributed by atoms with E-state index in [1.165, 1.54) is 12.8 Å². The fraction of sp³-hybridized carbons (Fsp3) is 0.379. The summed E-state index contributed by atoms with van der Waals surface area (Å²) in [4.78, 5) is 29.6. The van der Waals surface area contributed by atoms with E-state index in [0.717, 1.165) is 42.5 Å². The zero-order valence-corrected chi connectivity index (χ0v) is 20.9. The normalized spacial score (nSPS) is 20.9. The van der Waals surface area contributed by atoms with Crippen LogP contribution >= 0.6 is 11.6 Å². The van der Waals surface area contributed by atoms with Crippen LogP contribution in [0, 0.1) is 0 Å². The number of amides is 2. The van der Waals surface area contributed by atoms with Crippen molar-refractivity contribution in [1.82, 2.24) is 14.8 Å². The van der Waals surface area contributed by atoms with Gasteiger partial charge in [-0.15, -0.1) is 0 Å². The monoisotopic (exact) mass is 489 g/mol. The topological polar surface area (TPSA) is 54.3 Å². The molecule has 1 aromatic heterocycles. The third-order valence-corrected chi connectivity index (χ3v) is 7.76. The Morgan fingerprint density at radius 1 is 0.943 bits per heavy atom. The Hall–Kier alpha value is -3.05. The maximum Gasteiger partial charge on any atom is 0.271 e. The Morgan fingerprint density at radius 2 is 1.60 bits per heavy atom. The molecule has 0 unspecified atom stereocenters. The molecule has 35 heavy (non-hydrogen) atoms. The van der Waals surface area contributed by atoms with Crippen molar-refractivity contribution in [2.45, 2.75) is 70.1 Å². The van der Waals surface area contributed by atoms with E-state index in [-0.39, 0.29) is 17.9 Å². The maximum absolute atomic E-state index is 13.9. The fourth-order valence-electron chi connectivity index (χ4n) is 5.42. The molecule has 182 valence electrons. The Labute approximate surface area is 212 Å². The van der Waals surface area contributed by atoms with Crippen molar-refractivity contribution in [3.05, 3.63) is 83.0 Å². The van der Waals surface area contributed by atoms with Crippen molar-refractivity contribution in [3.63, 3.8) is 0 Å². The van der Waals surface area contributed by atoms with Gasteiger partial charge in [-0.2, -0.15) is 0 Å². The van der Waals surface area contributed by atoms with Crippen LogP contribution in [0.2, 0.25) is 5.02 Å². The number of rotatable bonds is 5. The average molecular weight is 490 g/mol. The highest BCUT2D eigenvalue weighted by Crippen LogP contribution is 2.34. The fourth-order valence-corrected chi connectivity index (χ4v) is 5.54. The molecule has 1 atom stereocenters. The molecule has 1 aliphatic carbocycles. The Morgan fingerprint density at radius 3 is 2.29 bits per heavy atom. The van der Waals surface area contributed by atoms with Crippen molar-refractivity contribution in [2.75, 3.05) is 0 Å². The Balaban J connectivity index is 1.52. The van der Waals surface area contributed by atoms with Crippen molar-refractivity contribution >= 4 is 23.4 Å². The zero-order chi connectivity index (χ0) is 24.4. The van der Waals surface area contributed by atoms with Crippen LogP contribution in [-0.2, 0) is 17.9 Å². The highest BCUT2D eigenvalue weighted by Gasteiger charge is 2.48. The lowest BCUT2D eigenvalue weighted by molar-refractivity contribution is -0.134. The molecular weight excluding hydrogens is 458 g/mol. The van der Waals surface area contributed by atoms with E-state index < -0.39 is 5.54 Å². The number of aromatic nitrogens is 1. The molecule has 5 rings (SSSR count). The number of fused-ring (bicyclic) bond motifs is 1. The van der Waals surface area contributed by atoms with Crippen LogP contribution in [0.3, 0.4) is 0 Å². The first-order valence-electron chi connectivity index (χ1n) is 12.6. The number of carbonyl (C=O) groups excluding carboxylic acids is 2. The molecule has 5 nitrogen and oxygen atoms in total. The van der Waals surface area contributed by atoms with Gasteiger partial charge in [0.15, 0.2) is 0 Å². The highest BCUT2D eigenvalue weighted by molar-refractivity contribution is 6.30. The van der Waals surface area contributed by atoms with Crippen LogP contribution in [0.15, 0.2) is 66.7 Å². The maximum atomic E-state index is 13.9. The molecule has 2 aliphatic rings. The first-order chi connectivity index (χ1) is 17.0. The van der Waals surface area contributed by atoms with Crippen molar-refractivity contribution in [2.24, 2.45) is 0 Å². The van der Waals surface area contributed by atoms with Gasteiger partial charge in [0.1, 0.15) is 11.2 Å². The highest BCUT2D eigenvalue weighted by atomic mass is 35.5. The number of carbonyl (C=O) groups is 2. The molecular formula is C29H32ClN3O2. The smallest absolute Gasteiger partial charge is 0.271 e. The van der Waals surface area contributed by atoms with E-state index >= 15 is 0 Å². The van der Waals surface area contributed by atoms with Gasteiger partial charge in [-0.1, -0.05) is 79.7 Å². The minimum absolute atomic E-state index is 0.0786. The minimum Gasteiger partial charge on any atom is -0.351 e. The van der Waals surface area contributed by atoms with Gasteiger partial charge < -0.3 is 14.8 Å². The predicted molar refractivity (Wildman–Crippen MR) is 139 cm³/mol. The molecule has 2 amide bonds.